The van der Waals surface area contributed by atoms with Crippen LogP contribution in [0, 0.1) is 6.92 Å². The molecule has 0 amide bonds. The normalized spacial score (nSPS) is 26.1. The molecule has 4 N–H and O–H groups in total. The second-order valence-corrected chi connectivity index (χ2v) is 7.31. The minimum Gasteiger partial charge on any atom is -0.497 e. The summed E-state index contributed by atoms with van der Waals surface area (Å²) in [6, 6.07) is 11.3. The van der Waals surface area contributed by atoms with Crippen molar-refractivity contribution in [3.05, 3.63) is 53.1 Å². The molecule has 0 aliphatic carbocycles. The van der Waals surface area contributed by atoms with Crippen LogP contribution in [0.4, 0.5) is 0 Å². The van der Waals surface area contributed by atoms with Gasteiger partial charge in [-0.3, -0.25) is 0 Å². The Bertz CT molecular complexity index is 893. The summed E-state index contributed by atoms with van der Waals surface area (Å²) in [6.45, 7) is 1.46. The molecule has 0 saturated carbocycles. The van der Waals surface area contributed by atoms with Crippen LogP contribution in [0.2, 0.25) is 0 Å². The van der Waals surface area contributed by atoms with Crippen molar-refractivity contribution in [2.45, 2.75) is 37.6 Å². The zero-order valence-corrected chi connectivity index (χ0v) is 17.6. The van der Waals surface area contributed by atoms with Crippen molar-refractivity contribution < 1.29 is 39.4 Å². The predicted molar refractivity (Wildman–Crippen MR) is 114 cm³/mol. The van der Waals surface area contributed by atoms with Gasteiger partial charge in [0.1, 0.15) is 30.2 Å². The molecule has 0 radical (unpaired) electrons. The van der Waals surface area contributed by atoms with Gasteiger partial charge < -0.3 is 39.4 Å². The van der Waals surface area contributed by atoms with E-state index in [1.165, 1.54) is 14.2 Å². The molecular weight excluding hydrogens is 404 g/mol. The monoisotopic (exact) mass is 432 g/mol. The van der Waals surface area contributed by atoms with Gasteiger partial charge in [0.25, 0.3) is 0 Å². The highest BCUT2D eigenvalue weighted by Gasteiger charge is 2.45. The molecule has 0 spiro atoms. The minimum absolute atomic E-state index is 0.246. The number of rotatable bonds is 7. The summed E-state index contributed by atoms with van der Waals surface area (Å²) in [5.41, 5.74) is 2.69. The van der Waals surface area contributed by atoms with Gasteiger partial charge in [-0.15, -0.1) is 0 Å². The fraction of sp³-hybridized carbons (Fsp3) is 0.391. The third-order valence-corrected chi connectivity index (χ3v) is 5.13. The van der Waals surface area contributed by atoms with Crippen molar-refractivity contribution in [2.75, 3.05) is 20.8 Å². The quantitative estimate of drug-likeness (QED) is 0.485. The van der Waals surface area contributed by atoms with Crippen LogP contribution in [0.1, 0.15) is 16.7 Å². The molecule has 31 heavy (non-hydrogen) atoms. The van der Waals surface area contributed by atoms with Crippen molar-refractivity contribution in [1.29, 1.82) is 0 Å². The van der Waals surface area contributed by atoms with Crippen molar-refractivity contribution >= 4 is 12.2 Å². The number of hydrogen-bond donors (Lipinski definition) is 4. The number of hydrogen-bond acceptors (Lipinski definition) is 8. The molecule has 0 unspecified atom stereocenters. The van der Waals surface area contributed by atoms with E-state index in [2.05, 4.69) is 0 Å². The Kier molecular flexibility index (Phi) is 7.53. The first-order chi connectivity index (χ1) is 14.9. The van der Waals surface area contributed by atoms with Gasteiger partial charge in [0, 0.05) is 11.6 Å². The zero-order valence-electron chi connectivity index (χ0n) is 17.6. The third-order valence-electron chi connectivity index (χ3n) is 5.13. The highest BCUT2D eigenvalue weighted by molar-refractivity contribution is 5.75. The molecule has 5 atom stereocenters. The van der Waals surface area contributed by atoms with Crippen LogP contribution in [0.25, 0.3) is 12.2 Å². The molecule has 2 aromatic carbocycles. The molecule has 2 aromatic rings. The Hall–Kier alpha value is -2.62. The Morgan fingerprint density at radius 3 is 2.26 bits per heavy atom. The standard InChI is InChI=1S/C23H28O8/c1-13-4-6-14(7-5-13)8-9-15-10-16(28-2)11-17(29-3)22(15)31-23-21(27)20(26)19(25)18(12-24)30-23/h4-11,18-21,23-27H,12H2,1-3H3/b9-8+/t18-,19-,20+,21-,23+/m1/s1. The summed E-state index contributed by atoms with van der Waals surface area (Å²) < 4.78 is 22.1. The number of methoxy groups -OCH3 is 2. The van der Waals surface area contributed by atoms with E-state index in [0.29, 0.717) is 17.1 Å². The van der Waals surface area contributed by atoms with Gasteiger partial charge in [-0.2, -0.15) is 0 Å². The van der Waals surface area contributed by atoms with E-state index in [9.17, 15) is 20.4 Å². The van der Waals surface area contributed by atoms with Gasteiger partial charge in [0.05, 0.1) is 20.8 Å². The topological polar surface area (TPSA) is 118 Å². The summed E-state index contributed by atoms with van der Waals surface area (Å²) in [7, 11) is 2.99. The van der Waals surface area contributed by atoms with Crippen molar-refractivity contribution in [2.24, 2.45) is 0 Å². The fourth-order valence-corrected chi connectivity index (χ4v) is 3.26. The lowest BCUT2D eigenvalue weighted by atomic mass is 9.99. The molecule has 3 rings (SSSR count). The van der Waals surface area contributed by atoms with Gasteiger partial charge in [0.15, 0.2) is 11.5 Å². The van der Waals surface area contributed by atoms with Crippen LogP contribution in [-0.2, 0) is 4.74 Å². The summed E-state index contributed by atoms with van der Waals surface area (Å²) in [6.07, 6.45) is -3.31. The van der Waals surface area contributed by atoms with Gasteiger partial charge in [-0.05, 0) is 18.6 Å². The first-order valence-electron chi connectivity index (χ1n) is 9.86. The van der Waals surface area contributed by atoms with Gasteiger partial charge in [-0.25, -0.2) is 0 Å². The highest BCUT2D eigenvalue weighted by atomic mass is 16.7. The maximum absolute atomic E-state index is 10.3. The van der Waals surface area contributed by atoms with E-state index in [1.807, 2.05) is 37.3 Å². The van der Waals surface area contributed by atoms with Crippen LogP contribution in [0.5, 0.6) is 17.2 Å². The second kappa shape index (κ2) is 10.1. The Balaban J connectivity index is 1.97. The van der Waals surface area contributed by atoms with Crippen LogP contribution < -0.4 is 14.2 Å². The van der Waals surface area contributed by atoms with Gasteiger partial charge in [0.2, 0.25) is 6.29 Å². The fourth-order valence-electron chi connectivity index (χ4n) is 3.26. The molecule has 1 aliphatic rings. The molecule has 1 aliphatic heterocycles. The molecule has 0 aromatic heterocycles. The van der Waals surface area contributed by atoms with Crippen LogP contribution in [-0.4, -0.2) is 72.0 Å². The lowest BCUT2D eigenvalue weighted by Gasteiger charge is -2.39. The van der Waals surface area contributed by atoms with E-state index in [0.717, 1.165) is 11.1 Å². The molecule has 168 valence electrons. The number of aliphatic hydroxyl groups is 4. The SMILES string of the molecule is COc1cc(/C=C/c2ccc(C)cc2)c(O[C@@H]2O[C@H](CO)[C@@H](O)[C@H](O)[C@H]2O)c(OC)c1. The lowest BCUT2D eigenvalue weighted by molar-refractivity contribution is -0.277. The molecule has 8 nitrogen and oxygen atoms in total. The minimum atomic E-state index is -1.55. The number of aryl methyl sites for hydroxylation is 1. The smallest absolute Gasteiger partial charge is 0.229 e. The van der Waals surface area contributed by atoms with Crippen molar-refractivity contribution in [3.8, 4) is 17.2 Å². The summed E-state index contributed by atoms with van der Waals surface area (Å²) in [5, 5.41) is 39.8. The lowest BCUT2D eigenvalue weighted by Crippen LogP contribution is -2.60. The average molecular weight is 432 g/mol. The van der Waals surface area contributed by atoms with Crippen LogP contribution >= 0.6 is 0 Å². The molecule has 1 saturated heterocycles. The maximum Gasteiger partial charge on any atom is 0.229 e. The summed E-state index contributed by atoms with van der Waals surface area (Å²) in [5.74, 6) is 1.09. The number of benzene rings is 2. The molecular formula is C23H28O8. The average Bonchev–Trinajstić information content (AvgIpc) is 2.79. The Labute approximate surface area is 180 Å². The second-order valence-electron chi connectivity index (χ2n) is 7.31. The van der Waals surface area contributed by atoms with Crippen LogP contribution in [0.15, 0.2) is 36.4 Å². The molecule has 8 heteroatoms. The van der Waals surface area contributed by atoms with Crippen LogP contribution in [0.3, 0.4) is 0 Å². The zero-order chi connectivity index (χ0) is 22.5. The van der Waals surface area contributed by atoms with E-state index < -0.39 is 37.3 Å². The van der Waals surface area contributed by atoms with Crippen molar-refractivity contribution in [3.63, 3.8) is 0 Å². The van der Waals surface area contributed by atoms with Gasteiger partial charge in [-0.1, -0.05) is 42.0 Å². The highest BCUT2D eigenvalue weighted by Crippen LogP contribution is 2.39. The third kappa shape index (κ3) is 5.17. The van der Waals surface area contributed by atoms with E-state index in [4.69, 9.17) is 18.9 Å². The number of ether oxygens (including phenoxy) is 4. The first kappa shape index (κ1) is 23.1. The van der Waals surface area contributed by atoms with E-state index in [-0.39, 0.29) is 5.75 Å². The van der Waals surface area contributed by atoms with Gasteiger partial charge >= 0.3 is 0 Å². The maximum atomic E-state index is 10.3. The Morgan fingerprint density at radius 2 is 1.65 bits per heavy atom. The predicted octanol–water partition coefficient (Wildman–Crippen LogP) is 1.36. The number of aliphatic hydroxyl groups excluding tert-OH is 4. The van der Waals surface area contributed by atoms with E-state index >= 15 is 0 Å². The van der Waals surface area contributed by atoms with Crippen molar-refractivity contribution in [1.82, 2.24) is 0 Å². The van der Waals surface area contributed by atoms with E-state index in [1.54, 1.807) is 18.2 Å². The largest absolute Gasteiger partial charge is 0.497 e. The molecule has 0 bridgehead atoms. The summed E-state index contributed by atoms with van der Waals surface area (Å²) >= 11 is 0. The molecule has 1 fully saturated rings. The summed E-state index contributed by atoms with van der Waals surface area (Å²) in [4.78, 5) is 0. The molecule has 1 heterocycles. The first-order valence-corrected chi connectivity index (χ1v) is 9.86. The Morgan fingerprint density at radius 1 is 0.935 bits per heavy atom.